The van der Waals surface area contributed by atoms with E-state index in [-0.39, 0.29) is 28.5 Å². The van der Waals surface area contributed by atoms with Gasteiger partial charge in [-0.15, -0.1) is 0 Å². The van der Waals surface area contributed by atoms with Crippen LogP contribution in [-0.4, -0.2) is 41.4 Å². The number of aldehydes is 1. The zero-order chi connectivity index (χ0) is 17.1. The fourth-order valence-electron chi connectivity index (χ4n) is 3.21. The molecule has 1 aliphatic heterocycles. The summed E-state index contributed by atoms with van der Waals surface area (Å²) in [4.78, 5) is 23.5. The molecule has 0 aromatic rings. The van der Waals surface area contributed by atoms with Crippen molar-refractivity contribution in [3.63, 3.8) is 0 Å². The highest BCUT2D eigenvalue weighted by atomic mass is 16.5. The summed E-state index contributed by atoms with van der Waals surface area (Å²) in [7, 11) is 1.75. The molecule has 1 amide bonds. The molecule has 1 saturated heterocycles. The molecule has 0 N–H and O–H groups in total. The van der Waals surface area contributed by atoms with Crippen molar-refractivity contribution in [1.82, 2.24) is 4.90 Å². The van der Waals surface area contributed by atoms with Gasteiger partial charge in [0.25, 0.3) is 0 Å². The molecule has 0 saturated carbocycles. The maximum atomic E-state index is 11.7. The Labute approximate surface area is 130 Å². The number of amides is 1. The van der Waals surface area contributed by atoms with Gasteiger partial charge in [-0.25, -0.2) is 0 Å². The van der Waals surface area contributed by atoms with Crippen molar-refractivity contribution in [3.8, 4) is 0 Å². The lowest BCUT2D eigenvalue weighted by atomic mass is 9.78. The smallest absolute Gasteiger partial charge is 0.220 e. The molecule has 124 valence electrons. The summed E-state index contributed by atoms with van der Waals surface area (Å²) < 4.78 is 5.45. The number of carbonyl (C=O) groups excluding carboxylic acids is 2. The van der Waals surface area contributed by atoms with E-state index in [1.807, 2.05) is 25.7 Å². The summed E-state index contributed by atoms with van der Waals surface area (Å²) in [5.41, 5.74) is -0.373. The van der Waals surface area contributed by atoms with Crippen molar-refractivity contribution in [2.24, 2.45) is 5.41 Å². The average Bonchev–Trinajstić information content (AvgIpc) is 2.24. The van der Waals surface area contributed by atoms with E-state index in [4.69, 9.17) is 4.74 Å². The molecule has 0 aromatic heterocycles. The molecule has 4 nitrogen and oxygen atoms in total. The maximum Gasteiger partial charge on any atom is 0.220 e. The van der Waals surface area contributed by atoms with Gasteiger partial charge in [0.05, 0.1) is 6.10 Å². The summed E-state index contributed by atoms with van der Waals surface area (Å²) >= 11 is 0. The minimum atomic E-state index is -0.139. The lowest BCUT2D eigenvalue weighted by Crippen LogP contribution is -2.63. The highest BCUT2D eigenvalue weighted by molar-refractivity contribution is 5.75. The Kier molecular flexibility index (Phi) is 6.61. The normalized spacial score (nSPS) is 21.3. The molecule has 0 aromatic carbocycles. The molecule has 0 atom stereocenters. The van der Waals surface area contributed by atoms with Crippen LogP contribution in [0.25, 0.3) is 0 Å². The number of methoxy groups -OCH3 is 1. The van der Waals surface area contributed by atoms with Crippen molar-refractivity contribution in [2.75, 3.05) is 7.11 Å². The lowest BCUT2D eigenvalue weighted by Gasteiger charge is -2.54. The molecule has 0 spiro atoms. The van der Waals surface area contributed by atoms with E-state index in [0.717, 1.165) is 19.1 Å². The average molecular weight is 299 g/mol. The minimum Gasteiger partial charge on any atom is -0.381 e. The zero-order valence-corrected chi connectivity index (χ0v) is 15.2. The molecule has 1 rings (SSSR count). The molecule has 1 heterocycles. The second-order valence-electron chi connectivity index (χ2n) is 8.23. The first-order valence-corrected chi connectivity index (χ1v) is 7.57. The number of rotatable bonds is 1. The summed E-state index contributed by atoms with van der Waals surface area (Å²) in [5.74, 6) is 0.152. The third-order valence-corrected chi connectivity index (χ3v) is 3.67. The van der Waals surface area contributed by atoms with E-state index < -0.39 is 0 Å². The van der Waals surface area contributed by atoms with Crippen LogP contribution < -0.4 is 0 Å². The topological polar surface area (TPSA) is 46.6 Å². The zero-order valence-electron chi connectivity index (χ0n) is 15.2. The summed E-state index contributed by atoms with van der Waals surface area (Å²) in [6.45, 7) is 15.7. The number of piperidine rings is 1. The van der Waals surface area contributed by atoms with Crippen LogP contribution in [0, 0.1) is 5.41 Å². The van der Waals surface area contributed by atoms with Crippen LogP contribution in [-0.2, 0) is 14.3 Å². The molecule has 0 radical (unpaired) electrons. The predicted octanol–water partition coefficient (Wildman–Crippen LogP) is 3.43. The van der Waals surface area contributed by atoms with Gasteiger partial charge in [0, 0.05) is 30.5 Å². The first kappa shape index (κ1) is 20.1. The van der Waals surface area contributed by atoms with Gasteiger partial charge < -0.3 is 14.4 Å². The van der Waals surface area contributed by atoms with Crippen molar-refractivity contribution in [2.45, 2.75) is 85.4 Å². The highest BCUT2D eigenvalue weighted by Crippen LogP contribution is 2.39. The van der Waals surface area contributed by atoms with E-state index >= 15 is 0 Å². The molecule has 0 bridgehead atoms. The van der Waals surface area contributed by atoms with Crippen molar-refractivity contribution in [1.29, 1.82) is 0 Å². The lowest BCUT2D eigenvalue weighted by molar-refractivity contribution is -0.154. The predicted molar refractivity (Wildman–Crippen MR) is 86.2 cm³/mol. The van der Waals surface area contributed by atoms with Crippen molar-refractivity contribution >= 4 is 12.2 Å². The van der Waals surface area contributed by atoms with Gasteiger partial charge in [-0.3, -0.25) is 4.79 Å². The van der Waals surface area contributed by atoms with Crippen LogP contribution >= 0.6 is 0 Å². The number of ether oxygens (including phenoxy) is 1. The number of hydrogen-bond acceptors (Lipinski definition) is 3. The van der Waals surface area contributed by atoms with E-state index in [9.17, 15) is 9.59 Å². The molecule has 1 aliphatic rings. The molecule has 21 heavy (non-hydrogen) atoms. The van der Waals surface area contributed by atoms with Gasteiger partial charge in [0.1, 0.15) is 6.29 Å². The Morgan fingerprint density at radius 3 is 1.67 bits per heavy atom. The molecule has 0 aliphatic carbocycles. The minimum absolute atomic E-state index is 0.117. The Bertz CT molecular complexity index is 349. The molecular weight excluding hydrogens is 266 g/mol. The summed E-state index contributed by atoms with van der Waals surface area (Å²) in [6, 6.07) is 0. The van der Waals surface area contributed by atoms with Gasteiger partial charge in [0.15, 0.2) is 0 Å². The second-order valence-corrected chi connectivity index (χ2v) is 8.23. The Hall–Kier alpha value is -0.900. The number of nitrogens with zero attached hydrogens (tertiary/aromatic N) is 1. The maximum absolute atomic E-state index is 11.7. The van der Waals surface area contributed by atoms with Crippen LogP contribution in [0.15, 0.2) is 0 Å². The number of hydrogen-bond donors (Lipinski definition) is 0. The third kappa shape index (κ3) is 6.16. The Balaban J connectivity index is 0.000000567. The summed E-state index contributed by atoms with van der Waals surface area (Å²) in [5, 5.41) is 0. The van der Waals surface area contributed by atoms with Gasteiger partial charge in [-0.2, -0.15) is 0 Å². The highest BCUT2D eigenvalue weighted by Gasteiger charge is 2.46. The molecular formula is C17H33NO3. The fourth-order valence-corrected chi connectivity index (χ4v) is 3.21. The first-order valence-electron chi connectivity index (χ1n) is 7.57. The van der Waals surface area contributed by atoms with Crippen molar-refractivity contribution in [3.05, 3.63) is 0 Å². The molecule has 1 fully saturated rings. The fraction of sp³-hybridized carbons (Fsp3) is 0.882. The monoisotopic (exact) mass is 299 g/mol. The standard InChI is InChI=1S/C12H23NO2.C5H10O/c1-9(14)13-11(2,3)7-10(15-6)8-12(13,4)5;1-5(2,3)4-6/h10H,7-8H2,1-6H3;4H,1-3H3. The quantitative estimate of drug-likeness (QED) is 0.697. The van der Waals surface area contributed by atoms with E-state index in [0.29, 0.717) is 0 Å². The van der Waals surface area contributed by atoms with E-state index in [1.54, 1.807) is 14.0 Å². The molecule has 0 unspecified atom stereocenters. The Morgan fingerprint density at radius 2 is 1.48 bits per heavy atom. The summed E-state index contributed by atoms with van der Waals surface area (Å²) in [6.07, 6.45) is 3.01. The second kappa shape index (κ2) is 6.91. The van der Waals surface area contributed by atoms with Crippen LogP contribution in [0.5, 0.6) is 0 Å². The first-order chi connectivity index (χ1) is 9.27. The van der Waals surface area contributed by atoms with Gasteiger partial charge in [-0.05, 0) is 40.5 Å². The van der Waals surface area contributed by atoms with E-state index in [2.05, 4.69) is 27.7 Å². The SMILES string of the molecule is CC(C)(C)C=O.COC1CC(C)(C)N(C(C)=O)C(C)(C)C1. The van der Waals surface area contributed by atoms with Gasteiger partial charge in [0.2, 0.25) is 5.91 Å². The largest absolute Gasteiger partial charge is 0.381 e. The van der Waals surface area contributed by atoms with Crippen LogP contribution in [0.3, 0.4) is 0 Å². The van der Waals surface area contributed by atoms with Gasteiger partial charge in [-0.1, -0.05) is 20.8 Å². The van der Waals surface area contributed by atoms with E-state index in [1.165, 1.54) is 0 Å². The van der Waals surface area contributed by atoms with Crippen LogP contribution in [0.4, 0.5) is 0 Å². The number of likely N-dealkylation sites (tertiary alicyclic amines) is 1. The van der Waals surface area contributed by atoms with Crippen molar-refractivity contribution < 1.29 is 14.3 Å². The van der Waals surface area contributed by atoms with Gasteiger partial charge >= 0.3 is 0 Å². The third-order valence-electron chi connectivity index (χ3n) is 3.67. The van der Waals surface area contributed by atoms with Crippen LogP contribution in [0.1, 0.15) is 68.2 Å². The molecule has 4 heteroatoms. The van der Waals surface area contributed by atoms with Crippen LogP contribution in [0.2, 0.25) is 0 Å². The Morgan fingerprint density at radius 1 is 1.14 bits per heavy atom. The number of carbonyl (C=O) groups is 2.